The lowest BCUT2D eigenvalue weighted by Crippen LogP contribution is -2.40. The van der Waals surface area contributed by atoms with E-state index in [1.807, 2.05) is 66.7 Å². The summed E-state index contributed by atoms with van der Waals surface area (Å²) in [5.41, 5.74) is 0.905. The Kier molecular flexibility index (Phi) is 4.17. The minimum absolute atomic E-state index is 0.108. The first-order chi connectivity index (χ1) is 14.1. The molecule has 2 aromatic carbocycles. The molecule has 29 heavy (non-hydrogen) atoms. The number of benzene rings is 2. The molecule has 2 fully saturated rings. The van der Waals surface area contributed by atoms with Gasteiger partial charge in [-0.2, -0.15) is 0 Å². The number of nitrogens with zero attached hydrogens (tertiary/aromatic N) is 1. The van der Waals surface area contributed by atoms with Gasteiger partial charge in [0.15, 0.2) is 0 Å². The van der Waals surface area contributed by atoms with Crippen LogP contribution in [0.25, 0.3) is 0 Å². The number of hydrogen-bond acceptors (Lipinski definition) is 5. The monoisotopic (exact) mass is 391 g/mol. The Hall–Kier alpha value is -3.12. The fraction of sp³-hybridized carbons (Fsp3) is 0.304. The SMILES string of the molecule is COc1ccc(N2C[C@]34C=C[C@H](O3)[C@@H](C(=O)OCc3ccccc3)[C@@H]4C2=O)cc1. The maximum absolute atomic E-state index is 13.3. The number of carbonyl (C=O) groups is 2. The Bertz CT molecular complexity index is 971. The molecule has 148 valence electrons. The van der Waals surface area contributed by atoms with Crippen molar-refractivity contribution in [3.05, 3.63) is 72.3 Å². The second kappa shape index (κ2) is 6.74. The molecule has 0 radical (unpaired) electrons. The molecule has 3 aliphatic rings. The van der Waals surface area contributed by atoms with Crippen molar-refractivity contribution < 1.29 is 23.8 Å². The first-order valence-electron chi connectivity index (χ1n) is 9.64. The van der Waals surface area contributed by atoms with Crippen LogP contribution in [0.5, 0.6) is 5.75 Å². The fourth-order valence-electron chi connectivity index (χ4n) is 4.57. The van der Waals surface area contributed by atoms with E-state index in [1.54, 1.807) is 12.0 Å². The maximum Gasteiger partial charge on any atom is 0.313 e. The summed E-state index contributed by atoms with van der Waals surface area (Å²) in [6, 6.07) is 16.8. The largest absolute Gasteiger partial charge is 0.497 e. The lowest BCUT2D eigenvalue weighted by molar-refractivity contribution is -0.153. The van der Waals surface area contributed by atoms with Crippen LogP contribution < -0.4 is 9.64 Å². The van der Waals surface area contributed by atoms with E-state index in [1.165, 1.54) is 0 Å². The van der Waals surface area contributed by atoms with Crippen LogP contribution in [-0.2, 0) is 25.7 Å². The minimum atomic E-state index is -0.766. The summed E-state index contributed by atoms with van der Waals surface area (Å²) in [7, 11) is 1.60. The molecular formula is C23H21NO5. The zero-order valence-corrected chi connectivity index (χ0v) is 16.0. The van der Waals surface area contributed by atoms with Crippen molar-refractivity contribution in [2.75, 3.05) is 18.6 Å². The van der Waals surface area contributed by atoms with E-state index < -0.39 is 23.5 Å². The molecule has 2 aromatic rings. The van der Waals surface area contributed by atoms with Gasteiger partial charge in [-0.1, -0.05) is 42.5 Å². The molecule has 2 bridgehead atoms. The molecule has 6 nitrogen and oxygen atoms in total. The van der Waals surface area contributed by atoms with Crippen molar-refractivity contribution in [2.45, 2.75) is 18.3 Å². The van der Waals surface area contributed by atoms with Gasteiger partial charge in [-0.3, -0.25) is 9.59 Å². The highest BCUT2D eigenvalue weighted by Gasteiger charge is 2.67. The van der Waals surface area contributed by atoms with Crippen LogP contribution >= 0.6 is 0 Å². The zero-order valence-electron chi connectivity index (χ0n) is 16.0. The highest BCUT2D eigenvalue weighted by molar-refractivity contribution is 6.02. The standard InChI is InChI=1S/C23H21NO5/c1-27-17-9-7-16(8-10-17)24-14-23-12-11-18(29-23)19(20(23)21(24)25)22(26)28-13-15-5-3-2-4-6-15/h2-12,18-20H,13-14H2,1H3/t18-,19+,20+,23-/m0/s1. The zero-order chi connectivity index (χ0) is 20.0. The third-order valence-electron chi connectivity index (χ3n) is 5.98. The van der Waals surface area contributed by atoms with Crippen molar-refractivity contribution in [2.24, 2.45) is 11.8 Å². The number of carbonyl (C=O) groups excluding carboxylic acids is 2. The van der Waals surface area contributed by atoms with Gasteiger partial charge in [0.05, 0.1) is 25.7 Å². The van der Waals surface area contributed by atoms with E-state index in [0.29, 0.717) is 6.54 Å². The first-order valence-corrected chi connectivity index (χ1v) is 9.64. The predicted octanol–water partition coefficient (Wildman–Crippen LogP) is 2.73. The summed E-state index contributed by atoms with van der Waals surface area (Å²) in [5, 5.41) is 0. The topological polar surface area (TPSA) is 65.1 Å². The van der Waals surface area contributed by atoms with Crippen molar-refractivity contribution >= 4 is 17.6 Å². The number of esters is 1. The van der Waals surface area contributed by atoms with Crippen LogP contribution in [0, 0.1) is 11.8 Å². The van der Waals surface area contributed by atoms with Gasteiger partial charge in [-0.15, -0.1) is 0 Å². The van der Waals surface area contributed by atoms with Crippen LogP contribution in [0.2, 0.25) is 0 Å². The van der Waals surface area contributed by atoms with Crippen LogP contribution in [0.15, 0.2) is 66.7 Å². The van der Waals surface area contributed by atoms with Crippen LogP contribution in [0.3, 0.4) is 0 Å². The highest BCUT2D eigenvalue weighted by atomic mass is 16.6. The molecular weight excluding hydrogens is 370 g/mol. The molecule has 3 aliphatic heterocycles. The number of fused-ring (bicyclic) bond motifs is 1. The van der Waals surface area contributed by atoms with Crippen LogP contribution in [0.4, 0.5) is 5.69 Å². The van der Waals surface area contributed by atoms with E-state index in [-0.39, 0.29) is 18.5 Å². The van der Waals surface area contributed by atoms with Gasteiger partial charge in [0, 0.05) is 5.69 Å². The van der Waals surface area contributed by atoms with Crippen LogP contribution in [0.1, 0.15) is 5.56 Å². The summed E-state index contributed by atoms with van der Waals surface area (Å²) in [6.45, 7) is 0.570. The Morgan fingerprint density at radius 1 is 1.17 bits per heavy atom. The van der Waals surface area contributed by atoms with Crippen molar-refractivity contribution in [3.63, 3.8) is 0 Å². The molecule has 0 N–H and O–H groups in total. The second-order valence-corrected chi connectivity index (χ2v) is 7.62. The lowest BCUT2D eigenvalue weighted by atomic mass is 9.77. The normalized spacial score (nSPS) is 29.2. The quantitative estimate of drug-likeness (QED) is 0.579. The second-order valence-electron chi connectivity index (χ2n) is 7.62. The van der Waals surface area contributed by atoms with Gasteiger partial charge in [0.2, 0.25) is 5.91 Å². The lowest BCUT2D eigenvalue weighted by Gasteiger charge is -2.22. The third-order valence-corrected chi connectivity index (χ3v) is 5.98. The smallest absolute Gasteiger partial charge is 0.313 e. The average Bonchev–Trinajstić information content (AvgIpc) is 3.41. The molecule has 1 spiro atoms. The van der Waals surface area contributed by atoms with E-state index >= 15 is 0 Å². The molecule has 3 heterocycles. The summed E-state index contributed by atoms with van der Waals surface area (Å²) in [4.78, 5) is 27.9. The van der Waals surface area contributed by atoms with Crippen molar-refractivity contribution in [1.29, 1.82) is 0 Å². The molecule has 4 atom stereocenters. The van der Waals surface area contributed by atoms with Crippen molar-refractivity contribution in [1.82, 2.24) is 0 Å². The molecule has 0 unspecified atom stereocenters. The summed E-state index contributed by atoms with van der Waals surface area (Å²) in [6.07, 6.45) is 3.41. The Morgan fingerprint density at radius 3 is 2.66 bits per heavy atom. The van der Waals surface area contributed by atoms with Crippen LogP contribution in [-0.4, -0.2) is 37.2 Å². The molecule has 1 amide bonds. The van der Waals surface area contributed by atoms with Gasteiger partial charge in [-0.05, 0) is 29.8 Å². The Labute approximate surface area is 168 Å². The van der Waals surface area contributed by atoms with Crippen molar-refractivity contribution in [3.8, 4) is 5.75 Å². The average molecular weight is 391 g/mol. The summed E-state index contributed by atoms with van der Waals surface area (Å²) < 4.78 is 16.9. The molecule has 0 aliphatic carbocycles. The fourth-order valence-corrected chi connectivity index (χ4v) is 4.57. The van der Waals surface area contributed by atoms with Gasteiger partial charge in [-0.25, -0.2) is 0 Å². The first kappa shape index (κ1) is 17.9. The number of rotatable bonds is 5. The summed E-state index contributed by atoms with van der Waals surface area (Å²) in [5.74, 6) is -0.968. The Balaban J connectivity index is 1.37. The van der Waals surface area contributed by atoms with Gasteiger partial charge in [0.25, 0.3) is 0 Å². The highest BCUT2D eigenvalue weighted by Crippen LogP contribution is 2.53. The molecule has 0 saturated carbocycles. The number of methoxy groups -OCH3 is 1. The number of hydrogen-bond donors (Lipinski definition) is 0. The molecule has 0 aromatic heterocycles. The number of ether oxygens (including phenoxy) is 3. The van der Waals surface area contributed by atoms with E-state index in [2.05, 4.69) is 0 Å². The number of amides is 1. The van der Waals surface area contributed by atoms with Gasteiger partial charge < -0.3 is 19.1 Å². The molecule has 2 saturated heterocycles. The third kappa shape index (κ3) is 2.83. The molecule has 5 rings (SSSR count). The Morgan fingerprint density at radius 2 is 1.93 bits per heavy atom. The van der Waals surface area contributed by atoms with E-state index in [4.69, 9.17) is 14.2 Å². The predicted molar refractivity (Wildman–Crippen MR) is 105 cm³/mol. The number of anilines is 1. The minimum Gasteiger partial charge on any atom is -0.497 e. The molecule has 6 heteroatoms. The van der Waals surface area contributed by atoms with E-state index in [9.17, 15) is 9.59 Å². The summed E-state index contributed by atoms with van der Waals surface area (Å²) >= 11 is 0. The van der Waals surface area contributed by atoms with E-state index in [0.717, 1.165) is 17.0 Å². The van der Waals surface area contributed by atoms with Gasteiger partial charge in [0.1, 0.15) is 23.9 Å². The van der Waals surface area contributed by atoms with Gasteiger partial charge >= 0.3 is 5.97 Å². The maximum atomic E-state index is 13.3.